The normalized spacial score (nSPS) is 13.1. The maximum atomic E-state index is 13.1. The lowest BCUT2D eigenvalue weighted by atomic mass is 10.2. The number of hydrogen-bond donors (Lipinski definition) is 1. The maximum absolute atomic E-state index is 13.1. The van der Waals surface area contributed by atoms with Gasteiger partial charge < -0.3 is 0 Å². The van der Waals surface area contributed by atoms with E-state index in [9.17, 15) is 30.0 Å². The summed E-state index contributed by atoms with van der Waals surface area (Å²) in [6, 6.07) is 9.41. The summed E-state index contributed by atoms with van der Waals surface area (Å²) in [5.74, 6) is 0. The van der Waals surface area contributed by atoms with Crippen LogP contribution in [0.5, 0.6) is 0 Å². The van der Waals surface area contributed by atoms with Gasteiger partial charge in [0.1, 0.15) is 0 Å². The molecule has 0 unspecified atom stereocenters. The van der Waals surface area contributed by atoms with Gasteiger partial charge in [0.05, 0.1) is 15.4 Å². The topological polar surface area (TPSA) is 83.6 Å². The van der Waals surface area contributed by atoms with Crippen LogP contribution in [0.25, 0.3) is 0 Å². The van der Waals surface area contributed by atoms with Crippen LogP contribution in [0.4, 0.5) is 13.2 Å². The predicted octanol–water partition coefficient (Wildman–Crippen LogP) is 2.43. The predicted molar refractivity (Wildman–Crippen MR) is 92.8 cm³/mol. The van der Waals surface area contributed by atoms with Crippen molar-refractivity contribution in [2.45, 2.75) is 22.5 Å². The molecule has 11 heteroatoms. The maximum Gasteiger partial charge on any atom is 0.417 e. The molecule has 2 aromatic carbocycles. The fourth-order valence-corrected chi connectivity index (χ4v) is 4.63. The van der Waals surface area contributed by atoms with Crippen molar-refractivity contribution in [2.75, 3.05) is 14.1 Å². The van der Waals surface area contributed by atoms with E-state index < -0.39 is 43.2 Å². The van der Waals surface area contributed by atoms with Gasteiger partial charge in [-0.3, -0.25) is 0 Å². The fraction of sp³-hybridized carbons (Fsp3) is 0.250. The van der Waals surface area contributed by atoms with Crippen molar-refractivity contribution in [1.82, 2.24) is 9.03 Å². The van der Waals surface area contributed by atoms with Gasteiger partial charge in [0, 0.05) is 20.6 Å². The highest BCUT2D eigenvalue weighted by Gasteiger charge is 2.36. The van der Waals surface area contributed by atoms with Gasteiger partial charge in [0.2, 0.25) is 20.0 Å². The summed E-state index contributed by atoms with van der Waals surface area (Å²) in [6.07, 6.45) is -4.85. The molecule has 27 heavy (non-hydrogen) atoms. The zero-order chi connectivity index (χ0) is 20.5. The molecule has 2 rings (SSSR count). The Kier molecular flexibility index (Phi) is 6.00. The first kappa shape index (κ1) is 21.4. The smallest absolute Gasteiger partial charge is 0.207 e. The Bertz CT molecular complexity index is 1030. The first-order valence-electron chi connectivity index (χ1n) is 7.53. The van der Waals surface area contributed by atoms with Gasteiger partial charge in [-0.15, -0.1) is 0 Å². The van der Waals surface area contributed by atoms with Crippen LogP contribution in [0.2, 0.25) is 0 Å². The molecule has 0 atom stereocenters. The monoisotopic (exact) mass is 422 g/mol. The Balaban J connectivity index is 2.39. The van der Waals surface area contributed by atoms with E-state index in [2.05, 4.69) is 0 Å². The molecule has 0 aliphatic heterocycles. The molecule has 2 aromatic rings. The lowest BCUT2D eigenvalue weighted by molar-refractivity contribution is -0.139. The van der Waals surface area contributed by atoms with E-state index >= 15 is 0 Å². The largest absolute Gasteiger partial charge is 0.417 e. The van der Waals surface area contributed by atoms with Crippen molar-refractivity contribution < 1.29 is 30.0 Å². The summed E-state index contributed by atoms with van der Waals surface area (Å²) >= 11 is 0. The van der Waals surface area contributed by atoms with Gasteiger partial charge in [-0.25, -0.2) is 25.9 Å². The number of hydrogen-bond acceptors (Lipinski definition) is 4. The van der Waals surface area contributed by atoms with E-state index in [-0.39, 0.29) is 10.5 Å². The van der Waals surface area contributed by atoms with Gasteiger partial charge in [0.25, 0.3) is 0 Å². The standard InChI is InChI=1S/C16H17F3N2O4S2/c1-21(2)27(24,25)14-9-5-3-7-12(14)11-20-26(22,23)15-10-6-4-8-13(15)16(17,18)19/h3-10,20H,11H2,1-2H3. The molecule has 1 N–H and O–H groups in total. The van der Waals surface area contributed by atoms with Gasteiger partial charge in [-0.2, -0.15) is 13.2 Å². The molecule has 0 radical (unpaired) electrons. The second-order valence-corrected chi connectivity index (χ2v) is 9.57. The van der Waals surface area contributed by atoms with Crippen LogP contribution >= 0.6 is 0 Å². The molecule has 0 aromatic heterocycles. The highest BCUT2D eigenvalue weighted by atomic mass is 32.2. The minimum absolute atomic E-state index is 0.110. The van der Waals surface area contributed by atoms with E-state index in [1.807, 2.05) is 4.72 Å². The van der Waals surface area contributed by atoms with Crippen LogP contribution in [0.3, 0.4) is 0 Å². The summed E-state index contributed by atoms with van der Waals surface area (Å²) in [7, 11) is -5.76. The van der Waals surface area contributed by atoms with Crippen molar-refractivity contribution in [1.29, 1.82) is 0 Å². The molecule has 0 saturated carbocycles. The molecule has 0 spiro atoms. The van der Waals surface area contributed by atoms with E-state index in [0.29, 0.717) is 6.07 Å². The van der Waals surface area contributed by atoms with Crippen LogP contribution in [0, 0.1) is 0 Å². The number of halogens is 3. The van der Waals surface area contributed by atoms with Crippen LogP contribution in [-0.2, 0) is 32.8 Å². The molecule has 0 aliphatic rings. The minimum atomic E-state index is -4.85. The third-order valence-electron chi connectivity index (χ3n) is 3.67. The lowest BCUT2D eigenvalue weighted by Gasteiger charge is -2.16. The second-order valence-electron chi connectivity index (χ2n) is 5.71. The Morgan fingerprint density at radius 1 is 0.889 bits per heavy atom. The lowest BCUT2D eigenvalue weighted by Crippen LogP contribution is -2.28. The van der Waals surface area contributed by atoms with Crippen LogP contribution in [0.15, 0.2) is 58.3 Å². The summed E-state index contributed by atoms with van der Waals surface area (Å²) in [5.41, 5.74) is -1.19. The number of rotatable bonds is 6. The minimum Gasteiger partial charge on any atom is -0.207 e. The Labute approximate surface area is 155 Å². The number of nitrogens with one attached hydrogen (secondary N) is 1. The molecule has 148 valence electrons. The average molecular weight is 422 g/mol. The highest BCUT2D eigenvalue weighted by Crippen LogP contribution is 2.34. The van der Waals surface area contributed by atoms with E-state index in [1.54, 1.807) is 0 Å². The zero-order valence-electron chi connectivity index (χ0n) is 14.4. The Hall–Kier alpha value is -1.95. The number of sulfonamides is 2. The fourth-order valence-electron chi connectivity index (χ4n) is 2.28. The highest BCUT2D eigenvalue weighted by molar-refractivity contribution is 7.89. The molecule has 6 nitrogen and oxygen atoms in total. The molecular weight excluding hydrogens is 405 g/mol. The second kappa shape index (κ2) is 7.58. The first-order chi connectivity index (χ1) is 12.4. The Morgan fingerprint density at radius 3 is 1.96 bits per heavy atom. The third kappa shape index (κ3) is 4.67. The van der Waals surface area contributed by atoms with Gasteiger partial charge in [0.15, 0.2) is 0 Å². The van der Waals surface area contributed by atoms with Gasteiger partial charge in [-0.1, -0.05) is 30.3 Å². The van der Waals surface area contributed by atoms with E-state index in [4.69, 9.17) is 0 Å². The summed E-state index contributed by atoms with van der Waals surface area (Å²) in [6.45, 7) is -0.488. The average Bonchev–Trinajstić information content (AvgIpc) is 2.59. The number of nitrogens with zero attached hydrogens (tertiary/aromatic N) is 1. The molecular formula is C16H17F3N2O4S2. The summed E-state index contributed by atoms with van der Waals surface area (Å²) in [4.78, 5) is -1.06. The molecule has 0 amide bonds. The Morgan fingerprint density at radius 2 is 1.41 bits per heavy atom. The summed E-state index contributed by atoms with van der Waals surface area (Å²) in [5, 5.41) is 0. The van der Waals surface area contributed by atoms with Crippen molar-refractivity contribution in [3.63, 3.8) is 0 Å². The van der Waals surface area contributed by atoms with Crippen LogP contribution in [-0.4, -0.2) is 35.2 Å². The number of alkyl halides is 3. The molecule has 0 aliphatic carbocycles. The van der Waals surface area contributed by atoms with Crippen LogP contribution < -0.4 is 4.72 Å². The molecule has 0 saturated heterocycles. The first-order valence-corrected chi connectivity index (χ1v) is 10.5. The third-order valence-corrected chi connectivity index (χ3v) is 7.04. The van der Waals surface area contributed by atoms with Crippen molar-refractivity contribution in [2.24, 2.45) is 0 Å². The van der Waals surface area contributed by atoms with Gasteiger partial charge >= 0.3 is 6.18 Å². The number of benzene rings is 2. The van der Waals surface area contributed by atoms with Crippen LogP contribution in [0.1, 0.15) is 11.1 Å². The van der Waals surface area contributed by atoms with Crippen molar-refractivity contribution in [3.05, 3.63) is 59.7 Å². The van der Waals surface area contributed by atoms with Crippen molar-refractivity contribution >= 4 is 20.0 Å². The van der Waals surface area contributed by atoms with Crippen molar-refractivity contribution in [3.8, 4) is 0 Å². The van der Waals surface area contributed by atoms with E-state index in [0.717, 1.165) is 16.4 Å². The SMILES string of the molecule is CN(C)S(=O)(=O)c1ccccc1CNS(=O)(=O)c1ccccc1C(F)(F)F. The quantitative estimate of drug-likeness (QED) is 0.775. The zero-order valence-corrected chi connectivity index (χ0v) is 16.0. The molecule has 0 heterocycles. The summed E-state index contributed by atoms with van der Waals surface area (Å²) < 4.78 is 91.7. The van der Waals surface area contributed by atoms with E-state index in [1.165, 1.54) is 44.4 Å². The molecule has 0 bridgehead atoms. The molecule has 0 fully saturated rings. The van der Waals surface area contributed by atoms with Gasteiger partial charge in [-0.05, 0) is 23.8 Å².